The number of hydrogen-bond donors (Lipinski definition) is 6. The predicted octanol–water partition coefficient (Wildman–Crippen LogP) is 15.2. The molecule has 1 aliphatic rings. The van der Waals surface area contributed by atoms with E-state index in [9.17, 15) is 35.1 Å². The highest BCUT2D eigenvalue weighted by atomic mass is 16.7. The second kappa shape index (κ2) is 53.7. The zero-order valence-electron chi connectivity index (χ0n) is 49.3. The summed E-state index contributed by atoms with van der Waals surface area (Å²) in [6.07, 6.45) is 57.9. The van der Waals surface area contributed by atoms with Crippen LogP contribution in [0, 0.1) is 0 Å². The Morgan fingerprint density at radius 3 is 1.40 bits per heavy atom. The van der Waals surface area contributed by atoms with Crippen molar-refractivity contribution < 1.29 is 49.3 Å². The zero-order chi connectivity index (χ0) is 56.1. The molecule has 0 aliphatic carbocycles. The van der Waals surface area contributed by atoms with Crippen molar-refractivity contribution in [3.63, 3.8) is 0 Å². The first-order valence-electron chi connectivity index (χ1n) is 31.7. The molecule has 8 atom stereocenters. The zero-order valence-corrected chi connectivity index (χ0v) is 49.3. The van der Waals surface area contributed by atoms with E-state index in [1.54, 1.807) is 6.08 Å². The van der Waals surface area contributed by atoms with E-state index in [1.165, 1.54) is 122 Å². The van der Waals surface area contributed by atoms with Crippen LogP contribution in [0.2, 0.25) is 0 Å². The van der Waals surface area contributed by atoms with Gasteiger partial charge in [0.05, 0.1) is 25.4 Å². The minimum Gasteiger partial charge on any atom is -0.454 e. The van der Waals surface area contributed by atoms with Crippen LogP contribution in [-0.2, 0) is 23.8 Å². The quantitative estimate of drug-likeness (QED) is 0.0195. The fourth-order valence-corrected chi connectivity index (χ4v) is 9.62. The third kappa shape index (κ3) is 41.7. The Kier molecular flexibility index (Phi) is 50.3. The predicted molar refractivity (Wildman–Crippen MR) is 319 cm³/mol. The molecular weight excluding hydrogens is 967 g/mol. The van der Waals surface area contributed by atoms with Gasteiger partial charge in [0.1, 0.15) is 24.4 Å². The van der Waals surface area contributed by atoms with E-state index in [4.69, 9.17) is 14.2 Å². The molecule has 1 amide bonds. The number of hydrogen-bond acceptors (Lipinski definition) is 10. The first-order chi connectivity index (χ1) is 37.7. The highest BCUT2D eigenvalue weighted by molar-refractivity contribution is 5.80. The number of nitrogens with one attached hydrogen (secondary N) is 1. The molecule has 1 rings (SSSR count). The van der Waals surface area contributed by atoms with Gasteiger partial charge < -0.3 is 45.1 Å². The molecule has 0 aromatic carbocycles. The lowest BCUT2D eigenvalue weighted by Crippen LogP contribution is -2.61. The summed E-state index contributed by atoms with van der Waals surface area (Å²) in [5, 5.41) is 57.0. The molecule has 77 heavy (non-hydrogen) atoms. The van der Waals surface area contributed by atoms with Gasteiger partial charge in [-0.25, -0.2) is 0 Å². The molecule has 1 aliphatic heterocycles. The largest absolute Gasteiger partial charge is 0.454 e. The molecule has 1 heterocycles. The van der Waals surface area contributed by atoms with Crippen molar-refractivity contribution in [2.24, 2.45) is 0 Å². The maximum Gasteiger partial charge on any atom is 0.306 e. The summed E-state index contributed by atoms with van der Waals surface area (Å²) >= 11 is 0. The highest BCUT2D eigenvalue weighted by Gasteiger charge is 2.47. The Morgan fingerprint density at radius 2 is 0.935 bits per heavy atom. The van der Waals surface area contributed by atoms with E-state index in [0.29, 0.717) is 19.3 Å². The van der Waals surface area contributed by atoms with Gasteiger partial charge in [0.15, 0.2) is 12.4 Å². The van der Waals surface area contributed by atoms with E-state index in [2.05, 4.69) is 86.8 Å². The van der Waals surface area contributed by atoms with E-state index in [-0.39, 0.29) is 13.0 Å². The molecule has 0 bridgehead atoms. The fourth-order valence-electron chi connectivity index (χ4n) is 9.62. The number of carbonyl (C=O) groups is 2. The van der Waals surface area contributed by atoms with Gasteiger partial charge in [-0.2, -0.15) is 0 Å². The van der Waals surface area contributed by atoms with Crippen LogP contribution >= 0.6 is 0 Å². The van der Waals surface area contributed by atoms with E-state index < -0.39 is 67.4 Å². The van der Waals surface area contributed by atoms with Gasteiger partial charge in [0, 0.05) is 6.42 Å². The summed E-state index contributed by atoms with van der Waals surface area (Å²) in [5.74, 6) is -1.21. The lowest BCUT2D eigenvalue weighted by Gasteiger charge is -2.41. The van der Waals surface area contributed by atoms with Crippen LogP contribution in [0.5, 0.6) is 0 Å². The van der Waals surface area contributed by atoms with Gasteiger partial charge >= 0.3 is 5.97 Å². The van der Waals surface area contributed by atoms with Crippen LogP contribution in [0.3, 0.4) is 0 Å². The van der Waals surface area contributed by atoms with Gasteiger partial charge in [-0.15, -0.1) is 0 Å². The van der Waals surface area contributed by atoms with Crippen molar-refractivity contribution in [1.29, 1.82) is 0 Å². The van der Waals surface area contributed by atoms with E-state index in [0.717, 1.165) is 103 Å². The Morgan fingerprint density at radius 1 is 0.519 bits per heavy atom. The van der Waals surface area contributed by atoms with E-state index in [1.807, 2.05) is 6.08 Å². The minimum absolute atomic E-state index is 0.0999. The van der Waals surface area contributed by atoms with E-state index >= 15 is 0 Å². The Bertz CT molecular complexity index is 1530. The molecule has 0 radical (unpaired) electrons. The Labute approximate surface area is 471 Å². The molecule has 446 valence electrons. The lowest BCUT2D eigenvalue weighted by atomic mass is 9.99. The third-order valence-electron chi connectivity index (χ3n) is 14.6. The SMILES string of the molecule is CC/C=C\C/C=C\C/C=C\C/C=C\C/C=C\CCCCCCCC(=O)OC1C(OCC(NC(=O)C(O)CCCCCCCCCCCCCCCC)C(O)/C=C/CCCCCCCCCCCCC)OC(CO)C(O)C1O. The first-order valence-corrected chi connectivity index (χ1v) is 31.7. The molecule has 0 spiro atoms. The van der Waals surface area contributed by atoms with Gasteiger partial charge in [-0.1, -0.05) is 267 Å². The maximum absolute atomic E-state index is 13.4. The molecule has 0 saturated carbocycles. The summed E-state index contributed by atoms with van der Waals surface area (Å²) in [6.45, 7) is 5.68. The van der Waals surface area contributed by atoms with Crippen LogP contribution in [-0.4, -0.2) is 99.6 Å². The standard InChI is InChI=1S/C66H117NO10/c1-4-7-10-13-16-19-22-25-27-28-29-30-31-32-33-36-39-42-45-48-51-54-61(71)77-64-63(73)62(72)60(55-68)76-66(64)75-56-57(58(69)52-49-46-43-40-37-34-24-21-18-15-12-9-6-3)67-65(74)59(70)53-50-47-44-41-38-35-26-23-20-17-14-11-8-5-2/h7,10,16,19,25,27,29-30,32-33,49,52,57-60,62-64,66,68-70,72-73H,4-6,8-9,11-15,17-18,20-24,26,28,31,34-48,50-51,53-56H2,1-3H3,(H,67,74)/b10-7-,19-16-,27-25-,30-29-,33-32-,52-49+. The smallest absolute Gasteiger partial charge is 0.306 e. The second-order valence-electron chi connectivity index (χ2n) is 21.8. The molecule has 11 heteroatoms. The molecule has 0 aromatic rings. The van der Waals surface area contributed by atoms with Gasteiger partial charge in [-0.3, -0.25) is 9.59 Å². The Balaban J connectivity index is 2.68. The molecule has 1 fully saturated rings. The van der Waals surface area contributed by atoms with Gasteiger partial charge in [0.25, 0.3) is 0 Å². The average Bonchev–Trinajstić information content (AvgIpc) is 3.43. The lowest BCUT2D eigenvalue weighted by molar-refractivity contribution is -0.305. The summed E-state index contributed by atoms with van der Waals surface area (Å²) in [4.78, 5) is 26.6. The van der Waals surface area contributed by atoms with Gasteiger partial charge in [0.2, 0.25) is 5.91 Å². The maximum atomic E-state index is 13.4. The number of ether oxygens (including phenoxy) is 3. The minimum atomic E-state index is -1.62. The number of amides is 1. The molecule has 11 nitrogen and oxygen atoms in total. The van der Waals surface area contributed by atoms with Crippen molar-refractivity contribution in [2.75, 3.05) is 13.2 Å². The summed E-state index contributed by atoms with van der Waals surface area (Å²) in [7, 11) is 0. The molecule has 6 N–H and O–H groups in total. The average molecular weight is 1080 g/mol. The third-order valence-corrected chi connectivity index (χ3v) is 14.6. The number of carbonyl (C=O) groups excluding carboxylic acids is 2. The normalized spacial score (nSPS) is 19.5. The number of unbranched alkanes of at least 4 members (excludes halogenated alkanes) is 29. The summed E-state index contributed by atoms with van der Waals surface area (Å²) in [6, 6.07) is -1.03. The first kappa shape index (κ1) is 72.1. The summed E-state index contributed by atoms with van der Waals surface area (Å²) in [5.41, 5.74) is 0. The van der Waals surface area contributed by atoms with Crippen molar-refractivity contribution in [1.82, 2.24) is 5.32 Å². The number of esters is 1. The summed E-state index contributed by atoms with van der Waals surface area (Å²) < 4.78 is 17.6. The van der Waals surface area contributed by atoms with Crippen LogP contribution in [0.15, 0.2) is 72.9 Å². The van der Waals surface area contributed by atoms with Crippen LogP contribution in [0.4, 0.5) is 0 Å². The van der Waals surface area contributed by atoms with Crippen molar-refractivity contribution in [3.05, 3.63) is 72.9 Å². The topological polar surface area (TPSA) is 175 Å². The molecule has 8 unspecified atom stereocenters. The van der Waals surface area contributed by atoms with Crippen LogP contribution in [0.1, 0.15) is 271 Å². The molecule has 0 aromatic heterocycles. The number of allylic oxidation sites excluding steroid dienone is 11. The highest BCUT2D eigenvalue weighted by Crippen LogP contribution is 2.26. The number of rotatable bonds is 53. The molecule has 1 saturated heterocycles. The fraction of sp³-hybridized carbons (Fsp3) is 0.788. The van der Waals surface area contributed by atoms with Crippen LogP contribution in [0.25, 0.3) is 0 Å². The van der Waals surface area contributed by atoms with Gasteiger partial charge in [-0.05, 0) is 70.6 Å². The van der Waals surface area contributed by atoms with Crippen LogP contribution < -0.4 is 5.32 Å². The van der Waals surface area contributed by atoms with Crippen molar-refractivity contribution in [2.45, 2.75) is 320 Å². The number of aliphatic hydroxyl groups excluding tert-OH is 5. The number of aliphatic hydroxyl groups is 5. The Hall–Kier alpha value is -2.90. The molecular formula is C66H117NO10. The monoisotopic (exact) mass is 1080 g/mol. The second-order valence-corrected chi connectivity index (χ2v) is 21.8. The van der Waals surface area contributed by atoms with Crippen molar-refractivity contribution >= 4 is 11.9 Å². The van der Waals surface area contributed by atoms with Crippen molar-refractivity contribution in [3.8, 4) is 0 Å².